The number of halogens is 1. The van der Waals surface area contributed by atoms with Gasteiger partial charge in [-0.3, -0.25) is 9.59 Å². The van der Waals surface area contributed by atoms with Gasteiger partial charge in [0.25, 0.3) is 0 Å². The second-order valence-electron chi connectivity index (χ2n) is 7.39. The van der Waals surface area contributed by atoms with Gasteiger partial charge in [-0.15, -0.1) is 0 Å². The fraction of sp³-hybridized carbons (Fsp3) is 0.364. The lowest BCUT2D eigenvalue weighted by molar-refractivity contribution is -0.138. The summed E-state index contributed by atoms with van der Waals surface area (Å²) >= 11 is 0. The molecule has 0 saturated heterocycles. The Kier molecular flexibility index (Phi) is 8.73. The Bertz CT molecular complexity index is 1010. The molecule has 0 fully saturated rings. The van der Waals surface area contributed by atoms with Gasteiger partial charge in [0.2, 0.25) is 11.8 Å². The lowest BCUT2D eigenvalue weighted by atomic mass is 10.1. The molecule has 0 unspecified atom stereocenters. The van der Waals surface area contributed by atoms with Gasteiger partial charge >= 0.3 is 10.2 Å². The molecule has 174 valence electrons. The van der Waals surface area contributed by atoms with Crippen LogP contribution in [0.5, 0.6) is 0 Å². The molecule has 0 bridgehead atoms. The molecular weight excluding hydrogens is 435 g/mol. The summed E-state index contributed by atoms with van der Waals surface area (Å²) in [4.78, 5) is 26.9. The van der Waals surface area contributed by atoms with Crippen LogP contribution in [-0.2, 0) is 26.2 Å². The first-order chi connectivity index (χ1) is 15.1. The van der Waals surface area contributed by atoms with Crippen LogP contribution in [0.25, 0.3) is 0 Å². The van der Waals surface area contributed by atoms with Crippen molar-refractivity contribution in [2.24, 2.45) is 0 Å². The number of carbonyl (C=O) groups is 2. The van der Waals surface area contributed by atoms with Crippen molar-refractivity contribution < 1.29 is 22.4 Å². The van der Waals surface area contributed by atoms with Crippen LogP contribution in [0.1, 0.15) is 12.5 Å². The smallest absolute Gasteiger partial charge is 0.304 e. The van der Waals surface area contributed by atoms with Crippen molar-refractivity contribution in [1.82, 2.24) is 14.5 Å². The molecule has 0 heterocycles. The van der Waals surface area contributed by atoms with E-state index in [1.807, 2.05) is 30.3 Å². The average molecular weight is 465 g/mol. The van der Waals surface area contributed by atoms with E-state index in [1.165, 1.54) is 38.2 Å². The van der Waals surface area contributed by atoms with E-state index in [4.69, 9.17) is 0 Å². The van der Waals surface area contributed by atoms with Gasteiger partial charge in [0.1, 0.15) is 18.4 Å². The van der Waals surface area contributed by atoms with E-state index in [-0.39, 0.29) is 18.1 Å². The van der Waals surface area contributed by atoms with Gasteiger partial charge in [-0.25, -0.2) is 8.70 Å². The summed E-state index contributed by atoms with van der Waals surface area (Å²) in [6.45, 7) is 1.27. The normalized spacial score (nSPS) is 12.3. The number of amides is 2. The first kappa shape index (κ1) is 25.3. The van der Waals surface area contributed by atoms with E-state index < -0.39 is 34.5 Å². The SMILES string of the molecule is CNC(=O)[C@@H](C)N(CCc1ccccc1)C(=O)CN(c1ccc(F)cc1)S(=O)(=O)N(C)C. The average Bonchev–Trinajstić information content (AvgIpc) is 2.78. The van der Waals surface area contributed by atoms with Gasteiger partial charge in [-0.2, -0.15) is 12.7 Å². The Labute approximate surface area is 188 Å². The van der Waals surface area contributed by atoms with E-state index in [9.17, 15) is 22.4 Å². The van der Waals surface area contributed by atoms with Crippen molar-refractivity contribution in [3.05, 3.63) is 66.0 Å². The monoisotopic (exact) mass is 464 g/mol. The highest BCUT2D eigenvalue weighted by atomic mass is 32.2. The van der Waals surface area contributed by atoms with Crippen molar-refractivity contribution in [2.45, 2.75) is 19.4 Å². The van der Waals surface area contributed by atoms with E-state index in [1.54, 1.807) is 6.92 Å². The number of benzene rings is 2. The summed E-state index contributed by atoms with van der Waals surface area (Å²) in [5.74, 6) is -1.44. The van der Waals surface area contributed by atoms with Crippen molar-refractivity contribution in [3.8, 4) is 0 Å². The molecule has 0 aliphatic heterocycles. The standard InChI is InChI=1S/C22H29FN4O4S/c1-17(22(29)24-2)26(15-14-18-8-6-5-7-9-18)21(28)16-27(32(30,31)25(3)4)20-12-10-19(23)11-13-20/h5-13,17H,14-16H2,1-4H3,(H,24,29)/t17-/m1/s1. The number of rotatable bonds is 10. The molecule has 0 aliphatic rings. The quantitative estimate of drug-likeness (QED) is 0.579. The highest BCUT2D eigenvalue weighted by Crippen LogP contribution is 2.20. The minimum atomic E-state index is -4.06. The molecule has 2 amide bonds. The first-order valence-corrected chi connectivity index (χ1v) is 11.5. The fourth-order valence-electron chi connectivity index (χ4n) is 3.10. The number of nitrogens with one attached hydrogen (secondary N) is 1. The summed E-state index contributed by atoms with van der Waals surface area (Å²) in [5, 5.41) is 2.52. The zero-order chi connectivity index (χ0) is 23.9. The van der Waals surface area contributed by atoms with Crippen LogP contribution in [0.15, 0.2) is 54.6 Å². The van der Waals surface area contributed by atoms with Crippen LogP contribution in [-0.4, -0.2) is 69.7 Å². The molecule has 2 aromatic carbocycles. The predicted octanol–water partition coefficient (Wildman–Crippen LogP) is 1.64. The molecule has 0 spiro atoms. The predicted molar refractivity (Wildman–Crippen MR) is 122 cm³/mol. The lowest BCUT2D eigenvalue weighted by Gasteiger charge is -2.32. The maximum Gasteiger partial charge on any atom is 0.304 e. The highest BCUT2D eigenvalue weighted by Gasteiger charge is 2.32. The second kappa shape index (κ2) is 11.1. The molecule has 2 rings (SSSR count). The number of nitrogens with zero attached hydrogens (tertiary/aromatic N) is 3. The zero-order valence-corrected chi connectivity index (χ0v) is 19.5. The number of hydrogen-bond acceptors (Lipinski definition) is 4. The van der Waals surface area contributed by atoms with Crippen LogP contribution in [0.4, 0.5) is 10.1 Å². The summed E-state index contributed by atoms with van der Waals surface area (Å²) in [6, 6.07) is 13.5. The Hall–Kier alpha value is -2.98. The molecule has 10 heteroatoms. The molecule has 2 aromatic rings. The Morgan fingerprint density at radius 2 is 1.62 bits per heavy atom. The Morgan fingerprint density at radius 1 is 1.03 bits per heavy atom. The van der Waals surface area contributed by atoms with Crippen LogP contribution in [0.2, 0.25) is 0 Å². The summed E-state index contributed by atoms with van der Waals surface area (Å²) in [7, 11) is 0.104. The van der Waals surface area contributed by atoms with Gasteiger partial charge in [-0.05, 0) is 43.2 Å². The number of hydrogen-bond donors (Lipinski definition) is 1. The zero-order valence-electron chi connectivity index (χ0n) is 18.7. The summed E-state index contributed by atoms with van der Waals surface area (Å²) in [6.07, 6.45) is 0.491. The maximum atomic E-state index is 13.4. The van der Waals surface area contributed by atoms with Crippen LogP contribution in [0.3, 0.4) is 0 Å². The van der Waals surface area contributed by atoms with Crippen LogP contribution >= 0.6 is 0 Å². The lowest BCUT2D eigenvalue weighted by Crippen LogP contribution is -2.53. The maximum absolute atomic E-state index is 13.4. The highest BCUT2D eigenvalue weighted by molar-refractivity contribution is 7.90. The minimum Gasteiger partial charge on any atom is -0.357 e. The Balaban J connectivity index is 2.35. The largest absolute Gasteiger partial charge is 0.357 e. The molecule has 0 radical (unpaired) electrons. The molecule has 0 saturated carbocycles. The first-order valence-electron chi connectivity index (χ1n) is 10.1. The van der Waals surface area contributed by atoms with Crippen LogP contribution in [0, 0.1) is 5.82 Å². The van der Waals surface area contributed by atoms with E-state index in [0.29, 0.717) is 6.42 Å². The van der Waals surface area contributed by atoms with Gasteiger partial charge < -0.3 is 10.2 Å². The molecule has 0 aromatic heterocycles. The van der Waals surface area contributed by atoms with Crippen LogP contribution < -0.4 is 9.62 Å². The third-order valence-corrected chi connectivity index (χ3v) is 6.85. The molecule has 32 heavy (non-hydrogen) atoms. The summed E-state index contributed by atoms with van der Waals surface area (Å²) in [5.41, 5.74) is 1.12. The van der Waals surface area contributed by atoms with Gasteiger partial charge in [0.05, 0.1) is 5.69 Å². The van der Waals surface area contributed by atoms with E-state index in [0.717, 1.165) is 26.3 Å². The van der Waals surface area contributed by atoms with Crippen molar-refractivity contribution in [2.75, 3.05) is 38.5 Å². The Morgan fingerprint density at radius 3 is 2.16 bits per heavy atom. The topological polar surface area (TPSA) is 90.0 Å². The fourth-order valence-corrected chi connectivity index (χ4v) is 4.16. The number of anilines is 1. The van der Waals surface area contributed by atoms with E-state index >= 15 is 0 Å². The molecule has 1 atom stereocenters. The van der Waals surface area contributed by atoms with E-state index in [2.05, 4.69) is 5.32 Å². The van der Waals surface area contributed by atoms with Gasteiger partial charge in [0.15, 0.2) is 0 Å². The van der Waals surface area contributed by atoms with Crippen molar-refractivity contribution in [3.63, 3.8) is 0 Å². The molecule has 1 N–H and O–H groups in total. The van der Waals surface area contributed by atoms with Gasteiger partial charge in [-0.1, -0.05) is 30.3 Å². The molecule has 0 aliphatic carbocycles. The third-order valence-electron chi connectivity index (χ3n) is 5.03. The number of carbonyl (C=O) groups excluding carboxylic acids is 2. The summed E-state index contributed by atoms with van der Waals surface area (Å²) < 4.78 is 41.1. The number of likely N-dealkylation sites (N-methyl/N-ethyl adjacent to an activating group) is 1. The van der Waals surface area contributed by atoms with Crippen molar-refractivity contribution >= 4 is 27.7 Å². The molecular formula is C22H29FN4O4S. The molecule has 8 nitrogen and oxygen atoms in total. The van der Waals surface area contributed by atoms with Gasteiger partial charge in [0, 0.05) is 27.7 Å². The van der Waals surface area contributed by atoms with Crippen molar-refractivity contribution in [1.29, 1.82) is 0 Å². The minimum absolute atomic E-state index is 0.143. The second-order valence-corrected chi connectivity index (χ2v) is 9.45. The third kappa shape index (κ3) is 6.27.